The molecule has 0 radical (unpaired) electrons. The van der Waals surface area contributed by atoms with Crippen LogP contribution in [-0.2, 0) is 6.42 Å². The molecule has 0 aliphatic heterocycles. The molecule has 2 aromatic rings. The quantitative estimate of drug-likeness (QED) is 0.874. The summed E-state index contributed by atoms with van der Waals surface area (Å²) in [6, 6.07) is 7.65. The summed E-state index contributed by atoms with van der Waals surface area (Å²) in [5.74, 6) is 0. The van der Waals surface area contributed by atoms with E-state index in [4.69, 9.17) is 23.2 Å². The summed E-state index contributed by atoms with van der Waals surface area (Å²) in [4.78, 5) is 8.29. The lowest BCUT2D eigenvalue weighted by molar-refractivity contribution is 0.517. The van der Waals surface area contributed by atoms with Crippen molar-refractivity contribution in [2.45, 2.75) is 25.8 Å². The molecule has 1 aromatic carbocycles. The van der Waals surface area contributed by atoms with Crippen molar-refractivity contribution in [3.05, 3.63) is 58.1 Å². The lowest BCUT2D eigenvalue weighted by Crippen LogP contribution is -2.25. The van der Waals surface area contributed by atoms with Gasteiger partial charge >= 0.3 is 0 Å². The van der Waals surface area contributed by atoms with Gasteiger partial charge in [-0.1, -0.05) is 36.2 Å². The number of hydrogen-bond acceptors (Lipinski definition) is 3. The molecule has 1 N–H and O–H groups in total. The maximum Gasteiger partial charge on any atom is 0.115 e. The van der Waals surface area contributed by atoms with Crippen LogP contribution in [0.2, 0.25) is 10.0 Å². The SMILES string of the molecule is CCCNC(Cc1ccc(Cl)cc1Cl)c1ccncn1. The highest BCUT2D eigenvalue weighted by Gasteiger charge is 2.14. The van der Waals surface area contributed by atoms with Crippen molar-refractivity contribution in [1.29, 1.82) is 0 Å². The number of nitrogens with zero attached hydrogens (tertiary/aromatic N) is 2. The number of rotatable bonds is 6. The first-order chi connectivity index (χ1) is 9.70. The van der Waals surface area contributed by atoms with Crippen molar-refractivity contribution < 1.29 is 0 Å². The van der Waals surface area contributed by atoms with E-state index in [1.54, 1.807) is 18.6 Å². The maximum absolute atomic E-state index is 6.25. The second kappa shape index (κ2) is 7.58. The number of nitrogens with one attached hydrogen (secondary N) is 1. The Morgan fingerprint density at radius 3 is 2.75 bits per heavy atom. The highest BCUT2D eigenvalue weighted by Crippen LogP contribution is 2.25. The van der Waals surface area contributed by atoms with Crippen LogP contribution in [0.25, 0.3) is 0 Å². The molecular formula is C15H17Cl2N3. The third-order valence-electron chi connectivity index (χ3n) is 3.04. The molecule has 0 saturated carbocycles. The van der Waals surface area contributed by atoms with Gasteiger partial charge in [0.05, 0.1) is 11.7 Å². The van der Waals surface area contributed by atoms with E-state index in [9.17, 15) is 0 Å². The molecule has 2 rings (SSSR count). The zero-order chi connectivity index (χ0) is 14.4. The highest BCUT2D eigenvalue weighted by molar-refractivity contribution is 6.35. The number of hydrogen-bond donors (Lipinski definition) is 1. The Labute approximate surface area is 129 Å². The molecule has 0 aliphatic rings. The summed E-state index contributed by atoms with van der Waals surface area (Å²) in [5.41, 5.74) is 2.03. The van der Waals surface area contributed by atoms with Gasteiger partial charge in [-0.2, -0.15) is 0 Å². The predicted molar refractivity (Wildman–Crippen MR) is 83.2 cm³/mol. The molecule has 1 aromatic heterocycles. The van der Waals surface area contributed by atoms with Gasteiger partial charge < -0.3 is 5.32 Å². The van der Waals surface area contributed by atoms with Gasteiger partial charge in [-0.3, -0.25) is 0 Å². The van der Waals surface area contributed by atoms with E-state index in [1.807, 2.05) is 18.2 Å². The fourth-order valence-electron chi connectivity index (χ4n) is 2.01. The summed E-state index contributed by atoms with van der Waals surface area (Å²) >= 11 is 12.2. The van der Waals surface area contributed by atoms with Gasteiger partial charge in [-0.15, -0.1) is 0 Å². The van der Waals surface area contributed by atoms with E-state index in [0.717, 1.165) is 30.6 Å². The van der Waals surface area contributed by atoms with E-state index in [0.29, 0.717) is 10.0 Å². The minimum Gasteiger partial charge on any atom is -0.308 e. The zero-order valence-electron chi connectivity index (χ0n) is 11.3. The van der Waals surface area contributed by atoms with Crippen LogP contribution in [-0.4, -0.2) is 16.5 Å². The molecule has 0 aliphatic carbocycles. The van der Waals surface area contributed by atoms with Gasteiger partial charge in [0.15, 0.2) is 0 Å². The second-order valence-corrected chi connectivity index (χ2v) is 5.42. The first-order valence-corrected chi connectivity index (χ1v) is 7.39. The van der Waals surface area contributed by atoms with Crippen molar-refractivity contribution >= 4 is 23.2 Å². The van der Waals surface area contributed by atoms with Gasteiger partial charge in [-0.05, 0) is 43.1 Å². The lowest BCUT2D eigenvalue weighted by Gasteiger charge is -2.18. The van der Waals surface area contributed by atoms with Crippen LogP contribution < -0.4 is 5.32 Å². The van der Waals surface area contributed by atoms with Gasteiger partial charge in [-0.25, -0.2) is 9.97 Å². The molecule has 0 saturated heterocycles. The molecule has 20 heavy (non-hydrogen) atoms. The van der Waals surface area contributed by atoms with E-state index in [-0.39, 0.29) is 6.04 Å². The van der Waals surface area contributed by atoms with Crippen molar-refractivity contribution in [2.24, 2.45) is 0 Å². The summed E-state index contributed by atoms with van der Waals surface area (Å²) in [6.45, 7) is 3.07. The van der Waals surface area contributed by atoms with Crippen LogP contribution in [0.4, 0.5) is 0 Å². The molecule has 106 valence electrons. The smallest absolute Gasteiger partial charge is 0.115 e. The van der Waals surface area contributed by atoms with E-state index in [1.165, 1.54) is 0 Å². The Morgan fingerprint density at radius 2 is 2.10 bits per heavy atom. The molecular weight excluding hydrogens is 293 g/mol. The molecule has 0 spiro atoms. The second-order valence-electron chi connectivity index (χ2n) is 4.58. The van der Waals surface area contributed by atoms with Crippen LogP contribution in [0.15, 0.2) is 36.8 Å². The Morgan fingerprint density at radius 1 is 1.25 bits per heavy atom. The highest BCUT2D eigenvalue weighted by atomic mass is 35.5. The molecule has 0 bridgehead atoms. The van der Waals surface area contributed by atoms with Gasteiger partial charge in [0.1, 0.15) is 6.33 Å². The number of benzene rings is 1. The third kappa shape index (κ3) is 4.17. The lowest BCUT2D eigenvalue weighted by atomic mass is 10.0. The standard InChI is InChI=1S/C15H17Cl2N3/c1-2-6-19-15(14-5-7-18-10-20-14)8-11-3-4-12(16)9-13(11)17/h3-5,7,9-10,15,19H,2,6,8H2,1H3. The van der Waals surface area contributed by atoms with Gasteiger partial charge in [0, 0.05) is 16.2 Å². The monoisotopic (exact) mass is 309 g/mol. The topological polar surface area (TPSA) is 37.8 Å². The number of aromatic nitrogens is 2. The minimum atomic E-state index is 0.122. The van der Waals surface area contributed by atoms with E-state index >= 15 is 0 Å². The van der Waals surface area contributed by atoms with Crippen molar-refractivity contribution in [3.63, 3.8) is 0 Å². The van der Waals surface area contributed by atoms with Crippen molar-refractivity contribution in [3.8, 4) is 0 Å². The average molecular weight is 310 g/mol. The number of halogens is 2. The van der Waals surface area contributed by atoms with Crippen molar-refractivity contribution in [1.82, 2.24) is 15.3 Å². The minimum absolute atomic E-state index is 0.122. The summed E-state index contributed by atoms with van der Waals surface area (Å²) in [7, 11) is 0. The van der Waals surface area contributed by atoms with Crippen molar-refractivity contribution in [2.75, 3.05) is 6.54 Å². The van der Waals surface area contributed by atoms with Crippen LogP contribution in [0.1, 0.15) is 30.6 Å². The van der Waals surface area contributed by atoms with E-state index < -0.39 is 0 Å². The summed E-state index contributed by atoms with van der Waals surface area (Å²) in [6.07, 6.45) is 5.16. The largest absolute Gasteiger partial charge is 0.308 e. The molecule has 5 heteroatoms. The molecule has 1 heterocycles. The Balaban J connectivity index is 2.19. The Bertz CT molecular complexity index is 546. The first kappa shape index (κ1) is 15.2. The van der Waals surface area contributed by atoms with Gasteiger partial charge in [0.25, 0.3) is 0 Å². The Kier molecular flexibility index (Phi) is 5.77. The molecule has 0 fully saturated rings. The van der Waals surface area contributed by atoms with Crippen LogP contribution in [0.5, 0.6) is 0 Å². The normalized spacial score (nSPS) is 12.3. The predicted octanol–water partition coefficient (Wildman–Crippen LogP) is 4.07. The fourth-order valence-corrected chi connectivity index (χ4v) is 2.50. The van der Waals surface area contributed by atoms with Crippen LogP contribution in [0, 0.1) is 0 Å². The maximum atomic E-state index is 6.25. The first-order valence-electron chi connectivity index (χ1n) is 6.64. The molecule has 3 nitrogen and oxygen atoms in total. The van der Waals surface area contributed by atoms with Crippen LogP contribution >= 0.6 is 23.2 Å². The molecule has 1 atom stereocenters. The summed E-state index contributed by atoms with van der Waals surface area (Å²) < 4.78 is 0. The molecule has 1 unspecified atom stereocenters. The average Bonchev–Trinajstić information content (AvgIpc) is 2.46. The van der Waals surface area contributed by atoms with Gasteiger partial charge in [0.2, 0.25) is 0 Å². The molecule has 0 amide bonds. The van der Waals surface area contributed by atoms with Crippen LogP contribution in [0.3, 0.4) is 0 Å². The zero-order valence-corrected chi connectivity index (χ0v) is 12.8. The fraction of sp³-hybridized carbons (Fsp3) is 0.333. The van der Waals surface area contributed by atoms with E-state index in [2.05, 4.69) is 22.2 Å². The Hall–Kier alpha value is -1.16. The third-order valence-corrected chi connectivity index (χ3v) is 3.63. The summed E-state index contributed by atoms with van der Waals surface area (Å²) in [5, 5.41) is 4.84.